The molecule has 1 saturated carbocycles. The predicted molar refractivity (Wildman–Crippen MR) is 96.3 cm³/mol. The minimum Gasteiger partial charge on any atom is -0.339 e. The lowest BCUT2D eigenvalue weighted by atomic mass is 10.0. The standard InChI is InChI=1S/C20H21N3O2/c1-12-18-16(20(24)23(3)13(2)14-9-10-14)11-17(21-19(18)25-22-12)15-7-5-4-6-8-15/h4-8,11,13-14H,9-10H2,1-3H3. The van der Waals surface area contributed by atoms with Gasteiger partial charge < -0.3 is 9.42 Å². The summed E-state index contributed by atoms with van der Waals surface area (Å²) in [4.78, 5) is 19.6. The SMILES string of the molecule is Cc1noc2nc(-c3ccccc3)cc(C(=O)N(C)C(C)C3CC3)c12. The molecule has 1 aliphatic carbocycles. The maximum atomic E-state index is 13.2. The number of carbonyl (C=O) groups excluding carboxylic acids is 1. The quantitative estimate of drug-likeness (QED) is 0.721. The molecular weight excluding hydrogens is 314 g/mol. The largest absolute Gasteiger partial charge is 0.339 e. The summed E-state index contributed by atoms with van der Waals surface area (Å²) in [5, 5.41) is 4.72. The molecule has 1 atom stereocenters. The maximum absolute atomic E-state index is 13.2. The van der Waals surface area contributed by atoms with Gasteiger partial charge in [-0.3, -0.25) is 4.79 Å². The molecule has 4 rings (SSSR count). The highest BCUT2D eigenvalue weighted by molar-refractivity contribution is 6.07. The van der Waals surface area contributed by atoms with Gasteiger partial charge in [0.2, 0.25) is 0 Å². The van der Waals surface area contributed by atoms with Crippen molar-refractivity contribution in [3.63, 3.8) is 0 Å². The van der Waals surface area contributed by atoms with Gasteiger partial charge in [0.25, 0.3) is 11.6 Å². The van der Waals surface area contributed by atoms with E-state index in [4.69, 9.17) is 4.52 Å². The summed E-state index contributed by atoms with van der Waals surface area (Å²) in [6.07, 6.45) is 2.40. The van der Waals surface area contributed by atoms with Crippen molar-refractivity contribution >= 4 is 17.0 Å². The van der Waals surface area contributed by atoms with Crippen molar-refractivity contribution in [2.24, 2.45) is 5.92 Å². The van der Waals surface area contributed by atoms with E-state index in [1.807, 2.05) is 55.3 Å². The summed E-state index contributed by atoms with van der Waals surface area (Å²) in [6.45, 7) is 3.96. The molecule has 0 radical (unpaired) electrons. The second kappa shape index (κ2) is 5.99. The minimum absolute atomic E-state index is 0.00437. The molecule has 2 aromatic heterocycles. The number of rotatable bonds is 4. The molecule has 0 saturated heterocycles. The Morgan fingerprint density at radius 3 is 2.68 bits per heavy atom. The molecule has 0 N–H and O–H groups in total. The van der Waals surface area contributed by atoms with Gasteiger partial charge in [0.1, 0.15) is 0 Å². The van der Waals surface area contributed by atoms with E-state index < -0.39 is 0 Å². The zero-order valence-electron chi connectivity index (χ0n) is 14.7. The number of aryl methyl sites for hydroxylation is 1. The number of carbonyl (C=O) groups is 1. The Kier molecular flexibility index (Phi) is 3.79. The third-order valence-corrected chi connectivity index (χ3v) is 5.15. The van der Waals surface area contributed by atoms with Crippen LogP contribution in [0.2, 0.25) is 0 Å². The number of fused-ring (bicyclic) bond motifs is 1. The van der Waals surface area contributed by atoms with Crippen molar-refractivity contribution in [1.82, 2.24) is 15.0 Å². The van der Waals surface area contributed by atoms with Crippen LogP contribution in [0.1, 0.15) is 35.8 Å². The van der Waals surface area contributed by atoms with E-state index in [2.05, 4.69) is 17.1 Å². The van der Waals surface area contributed by atoms with Crippen LogP contribution in [-0.2, 0) is 0 Å². The fourth-order valence-electron chi connectivity index (χ4n) is 3.29. The highest BCUT2D eigenvalue weighted by Crippen LogP contribution is 2.36. The third-order valence-electron chi connectivity index (χ3n) is 5.15. The number of benzene rings is 1. The number of hydrogen-bond acceptors (Lipinski definition) is 4. The fourth-order valence-corrected chi connectivity index (χ4v) is 3.29. The average Bonchev–Trinajstić information content (AvgIpc) is 3.43. The summed E-state index contributed by atoms with van der Waals surface area (Å²) in [7, 11) is 1.88. The molecule has 1 unspecified atom stereocenters. The van der Waals surface area contributed by atoms with Crippen molar-refractivity contribution in [2.45, 2.75) is 32.7 Å². The number of hydrogen-bond donors (Lipinski definition) is 0. The molecule has 1 amide bonds. The number of amides is 1. The molecular formula is C20H21N3O2. The summed E-state index contributed by atoms with van der Waals surface area (Å²) >= 11 is 0. The van der Waals surface area contributed by atoms with Crippen molar-refractivity contribution in [3.8, 4) is 11.3 Å². The number of aromatic nitrogens is 2. The first kappa shape index (κ1) is 15.8. The van der Waals surface area contributed by atoms with Crippen LogP contribution < -0.4 is 0 Å². The van der Waals surface area contributed by atoms with Gasteiger partial charge in [-0.25, -0.2) is 4.98 Å². The highest BCUT2D eigenvalue weighted by Gasteiger charge is 2.33. The lowest BCUT2D eigenvalue weighted by Gasteiger charge is -2.25. The van der Waals surface area contributed by atoms with Crippen LogP contribution in [-0.4, -0.2) is 34.0 Å². The molecule has 2 heterocycles. The Hall–Kier alpha value is -2.69. The van der Waals surface area contributed by atoms with Gasteiger partial charge in [-0.05, 0) is 38.7 Å². The van der Waals surface area contributed by atoms with Crippen LogP contribution in [0.25, 0.3) is 22.4 Å². The van der Waals surface area contributed by atoms with Gasteiger partial charge in [0, 0.05) is 18.7 Å². The highest BCUT2D eigenvalue weighted by atomic mass is 16.5. The van der Waals surface area contributed by atoms with Crippen molar-refractivity contribution < 1.29 is 9.32 Å². The molecule has 1 fully saturated rings. The van der Waals surface area contributed by atoms with Gasteiger partial charge in [0.05, 0.1) is 22.3 Å². The molecule has 1 aliphatic rings. The molecule has 128 valence electrons. The monoisotopic (exact) mass is 335 g/mol. The normalized spacial score (nSPS) is 15.3. The summed E-state index contributed by atoms with van der Waals surface area (Å²) in [6, 6.07) is 11.9. The van der Waals surface area contributed by atoms with Gasteiger partial charge >= 0.3 is 0 Å². The van der Waals surface area contributed by atoms with Gasteiger partial charge in [-0.1, -0.05) is 35.5 Å². The van der Waals surface area contributed by atoms with E-state index in [0.29, 0.717) is 28.3 Å². The Labute approximate surface area is 146 Å². The first-order valence-electron chi connectivity index (χ1n) is 8.66. The fraction of sp³-hybridized carbons (Fsp3) is 0.350. The second-order valence-corrected chi connectivity index (χ2v) is 6.86. The summed E-state index contributed by atoms with van der Waals surface area (Å²) < 4.78 is 5.37. The first-order valence-corrected chi connectivity index (χ1v) is 8.66. The maximum Gasteiger partial charge on any atom is 0.259 e. The molecule has 5 heteroatoms. The Balaban J connectivity index is 1.83. The van der Waals surface area contributed by atoms with Gasteiger partial charge in [-0.2, -0.15) is 0 Å². The van der Waals surface area contributed by atoms with Crippen LogP contribution in [0.4, 0.5) is 0 Å². The second-order valence-electron chi connectivity index (χ2n) is 6.86. The van der Waals surface area contributed by atoms with Gasteiger partial charge in [0.15, 0.2) is 0 Å². The smallest absolute Gasteiger partial charge is 0.259 e. The van der Waals surface area contributed by atoms with E-state index in [9.17, 15) is 4.79 Å². The zero-order valence-corrected chi connectivity index (χ0v) is 14.7. The van der Waals surface area contributed by atoms with E-state index in [1.165, 1.54) is 12.8 Å². The Morgan fingerprint density at radius 2 is 2.00 bits per heavy atom. The predicted octanol–water partition coefficient (Wildman–Crippen LogP) is 4.07. The van der Waals surface area contributed by atoms with Crippen molar-refractivity contribution in [2.75, 3.05) is 7.05 Å². The topological polar surface area (TPSA) is 59.2 Å². The van der Waals surface area contributed by atoms with Gasteiger partial charge in [-0.15, -0.1) is 0 Å². The zero-order chi connectivity index (χ0) is 17.6. The molecule has 3 aromatic rings. The number of nitrogens with zero attached hydrogens (tertiary/aromatic N) is 3. The van der Waals surface area contributed by atoms with Crippen molar-refractivity contribution in [3.05, 3.63) is 47.7 Å². The van der Waals surface area contributed by atoms with E-state index in [-0.39, 0.29) is 11.9 Å². The lowest BCUT2D eigenvalue weighted by Crippen LogP contribution is -2.36. The van der Waals surface area contributed by atoms with Crippen LogP contribution in [0.15, 0.2) is 40.9 Å². The molecule has 0 bridgehead atoms. The van der Waals surface area contributed by atoms with Crippen LogP contribution >= 0.6 is 0 Å². The minimum atomic E-state index is -0.00437. The molecule has 5 nitrogen and oxygen atoms in total. The number of pyridine rings is 1. The van der Waals surface area contributed by atoms with Crippen molar-refractivity contribution in [1.29, 1.82) is 0 Å². The Morgan fingerprint density at radius 1 is 1.28 bits per heavy atom. The van der Waals surface area contributed by atoms with E-state index in [0.717, 1.165) is 11.3 Å². The summed E-state index contributed by atoms with van der Waals surface area (Å²) in [5.74, 6) is 0.610. The molecule has 0 spiro atoms. The van der Waals surface area contributed by atoms with Crippen LogP contribution in [0.3, 0.4) is 0 Å². The lowest BCUT2D eigenvalue weighted by molar-refractivity contribution is 0.0729. The van der Waals surface area contributed by atoms with Crippen LogP contribution in [0.5, 0.6) is 0 Å². The third kappa shape index (κ3) is 2.80. The van der Waals surface area contributed by atoms with Crippen LogP contribution in [0, 0.1) is 12.8 Å². The molecule has 25 heavy (non-hydrogen) atoms. The Bertz CT molecular complexity index is 929. The summed E-state index contributed by atoms with van der Waals surface area (Å²) in [5.41, 5.74) is 3.38. The first-order chi connectivity index (χ1) is 12.1. The average molecular weight is 335 g/mol. The molecule has 1 aromatic carbocycles. The molecule has 0 aliphatic heterocycles. The van der Waals surface area contributed by atoms with E-state index in [1.54, 1.807) is 0 Å². The van der Waals surface area contributed by atoms with E-state index >= 15 is 0 Å².